The van der Waals surface area contributed by atoms with E-state index in [0.29, 0.717) is 0 Å². The molecule has 2 rings (SSSR count). The van der Waals surface area contributed by atoms with Gasteiger partial charge in [0.15, 0.2) is 0 Å². The molecule has 0 atom stereocenters. The van der Waals surface area contributed by atoms with Crippen LogP contribution in [0.2, 0.25) is 0 Å². The summed E-state index contributed by atoms with van der Waals surface area (Å²) in [6.07, 6.45) is 16.3. The van der Waals surface area contributed by atoms with Gasteiger partial charge in [0, 0.05) is 13.2 Å². The molecule has 0 aliphatic heterocycles. The van der Waals surface area contributed by atoms with Gasteiger partial charge in [-0.15, -0.1) is 0 Å². The van der Waals surface area contributed by atoms with Crippen molar-refractivity contribution in [1.82, 2.24) is 0 Å². The fourth-order valence-electron chi connectivity index (χ4n) is 4.37. The van der Waals surface area contributed by atoms with Gasteiger partial charge in [0.05, 0.1) is 0 Å². The molecule has 0 amide bonds. The first-order valence-corrected chi connectivity index (χ1v) is 9.39. The molecule has 1 nitrogen and oxygen atoms in total. The molecule has 118 valence electrons. The summed E-state index contributed by atoms with van der Waals surface area (Å²) >= 11 is 0. The summed E-state index contributed by atoms with van der Waals surface area (Å²) in [4.78, 5) is 0. The van der Waals surface area contributed by atoms with E-state index in [1.807, 2.05) is 0 Å². The normalized spacial score (nSPS) is 35.1. The lowest BCUT2D eigenvalue weighted by Crippen LogP contribution is -2.20. The zero-order valence-electron chi connectivity index (χ0n) is 13.9. The molecule has 2 saturated carbocycles. The Morgan fingerprint density at radius 2 is 1.10 bits per heavy atom. The first kappa shape index (κ1) is 16.3. The van der Waals surface area contributed by atoms with Crippen LogP contribution in [0.4, 0.5) is 0 Å². The van der Waals surface area contributed by atoms with Crippen molar-refractivity contribution in [3.63, 3.8) is 0 Å². The van der Waals surface area contributed by atoms with Gasteiger partial charge in [-0.3, -0.25) is 0 Å². The zero-order valence-corrected chi connectivity index (χ0v) is 13.9. The summed E-state index contributed by atoms with van der Waals surface area (Å²) in [5.41, 5.74) is 0. The summed E-state index contributed by atoms with van der Waals surface area (Å²) in [6.45, 7) is 6.38. The van der Waals surface area contributed by atoms with Gasteiger partial charge in [0.25, 0.3) is 0 Å². The quantitative estimate of drug-likeness (QED) is 0.570. The van der Waals surface area contributed by atoms with Crippen LogP contribution < -0.4 is 0 Å². The van der Waals surface area contributed by atoms with Crippen molar-refractivity contribution in [3.8, 4) is 0 Å². The minimum atomic E-state index is 0.867. The second-order valence-electron chi connectivity index (χ2n) is 7.42. The maximum absolute atomic E-state index is 5.58. The van der Waals surface area contributed by atoms with Crippen LogP contribution in [0.1, 0.15) is 84.5 Å². The molecule has 0 heterocycles. The van der Waals surface area contributed by atoms with Gasteiger partial charge in [-0.25, -0.2) is 0 Å². The molecule has 20 heavy (non-hydrogen) atoms. The van der Waals surface area contributed by atoms with E-state index < -0.39 is 0 Å². The molecule has 2 aliphatic carbocycles. The molecule has 0 unspecified atom stereocenters. The third-order valence-corrected chi connectivity index (χ3v) is 6.05. The molecule has 1 heteroatoms. The number of hydrogen-bond acceptors (Lipinski definition) is 1. The molecule has 2 fully saturated rings. The van der Waals surface area contributed by atoms with Crippen LogP contribution in [0.25, 0.3) is 0 Å². The van der Waals surface area contributed by atoms with E-state index in [1.54, 1.807) is 0 Å². The fraction of sp³-hybridized carbons (Fsp3) is 1.00. The lowest BCUT2D eigenvalue weighted by atomic mass is 9.75. The summed E-state index contributed by atoms with van der Waals surface area (Å²) in [7, 11) is 0. The van der Waals surface area contributed by atoms with Crippen LogP contribution >= 0.6 is 0 Å². The molecule has 0 spiro atoms. The van der Waals surface area contributed by atoms with E-state index in [1.165, 1.54) is 70.6 Å². The Morgan fingerprint density at radius 1 is 0.650 bits per heavy atom. The highest BCUT2D eigenvalue weighted by atomic mass is 16.5. The van der Waals surface area contributed by atoms with Crippen LogP contribution in [0, 0.1) is 23.7 Å². The van der Waals surface area contributed by atoms with Crippen LogP contribution in [0.5, 0.6) is 0 Å². The summed E-state index contributed by atoms with van der Waals surface area (Å²) in [5.74, 6) is 4.03. The van der Waals surface area contributed by atoms with Crippen molar-refractivity contribution in [1.29, 1.82) is 0 Å². The Kier molecular flexibility index (Phi) is 7.41. The van der Waals surface area contributed by atoms with Gasteiger partial charge in [-0.2, -0.15) is 0 Å². The molecular formula is C19H36O. The summed E-state index contributed by atoms with van der Waals surface area (Å²) in [5, 5.41) is 0. The molecular weight excluding hydrogens is 244 g/mol. The zero-order chi connectivity index (χ0) is 14.2. The SMILES string of the molecule is CCOCC1CCC(CC[C@H]2CC[C@H](CC)CC2)CC1. The van der Waals surface area contributed by atoms with E-state index in [4.69, 9.17) is 4.74 Å². The van der Waals surface area contributed by atoms with Crippen molar-refractivity contribution in [2.75, 3.05) is 13.2 Å². The highest BCUT2D eigenvalue weighted by molar-refractivity contribution is 4.76. The van der Waals surface area contributed by atoms with Crippen molar-refractivity contribution in [2.45, 2.75) is 84.5 Å². The molecule has 0 aromatic rings. The summed E-state index contributed by atoms with van der Waals surface area (Å²) < 4.78 is 5.58. The van der Waals surface area contributed by atoms with Crippen LogP contribution in [-0.4, -0.2) is 13.2 Å². The standard InChI is InChI=1S/C19H36O/c1-3-16-5-7-17(8-6-16)9-10-18-11-13-19(14-12-18)15-20-4-2/h16-19H,3-15H2,1-2H3/t16-,17-,18?,19?. The first-order chi connectivity index (χ1) is 9.81. The highest BCUT2D eigenvalue weighted by Gasteiger charge is 2.24. The summed E-state index contributed by atoms with van der Waals surface area (Å²) in [6, 6.07) is 0. The van der Waals surface area contributed by atoms with Gasteiger partial charge < -0.3 is 4.74 Å². The number of ether oxygens (including phenoxy) is 1. The van der Waals surface area contributed by atoms with Crippen molar-refractivity contribution in [2.24, 2.45) is 23.7 Å². The van der Waals surface area contributed by atoms with Crippen molar-refractivity contribution < 1.29 is 4.74 Å². The molecule has 0 radical (unpaired) electrons. The van der Waals surface area contributed by atoms with E-state index in [2.05, 4.69) is 13.8 Å². The maximum Gasteiger partial charge on any atom is 0.0494 e. The fourth-order valence-corrected chi connectivity index (χ4v) is 4.37. The Balaban J connectivity index is 1.55. The van der Waals surface area contributed by atoms with E-state index >= 15 is 0 Å². The second-order valence-corrected chi connectivity index (χ2v) is 7.42. The average Bonchev–Trinajstić information content (AvgIpc) is 2.52. The van der Waals surface area contributed by atoms with Gasteiger partial charge in [-0.05, 0) is 43.4 Å². The molecule has 0 bridgehead atoms. The smallest absolute Gasteiger partial charge is 0.0494 e. The predicted molar refractivity (Wildman–Crippen MR) is 86.9 cm³/mol. The molecule has 0 N–H and O–H groups in total. The van der Waals surface area contributed by atoms with Crippen LogP contribution in [0.3, 0.4) is 0 Å². The average molecular weight is 280 g/mol. The number of hydrogen-bond donors (Lipinski definition) is 0. The van der Waals surface area contributed by atoms with E-state index in [-0.39, 0.29) is 0 Å². The Labute approximate surface area is 126 Å². The van der Waals surface area contributed by atoms with Gasteiger partial charge in [0.1, 0.15) is 0 Å². The van der Waals surface area contributed by atoms with E-state index in [9.17, 15) is 0 Å². The Hall–Kier alpha value is -0.0400. The molecule has 0 aromatic heterocycles. The molecule has 0 aromatic carbocycles. The van der Waals surface area contributed by atoms with E-state index in [0.717, 1.165) is 36.9 Å². The third kappa shape index (κ3) is 5.39. The molecule has 2 aliphatic rings. The van der Waals surface area contributed by atoms with Gasteiger partial charge >= 0.3 is 0 Å². The predicted octanol–water partition coefficient (Wildman–Crippen LogP) is 5.83. The highest BCUT2D eigenvalue weighted by Crippen LogP contribution is 2.37. The minimum absolute atomic E-state index is 0.867. The number of rotatable bonds is 7. The van der Waals surface area contributed by atoms with Gasteiger partial charge in [0.2, 0.25) is 0 Å². The largest absolute Gasteiger partial charge is 0.381 e. The minimum Gasteiger partial charge on any atom is -0.381 e. The first-order valence-electron chi connectivity index (χ1n) is 9.39. The van der Waals surface area contributed by atoms with Crippen LogP contribution in [-0.2, 0) is 4.74 Å². The Bertz CT molecular complexity index is 234. The lowest BCUT2D eigenvalue weighted by Gasteiger charge is -2.31. The maximum atomic E-state index is 5.58. The second kappa shape index (κ2) is 9.07. The topological polar surface area (TPSA) is 9.23 Å². The van der Waals surface area contributed by atoms with Crippen molar-refractivity contribution >= 4 is 0 Å². The van der Waals surface area contributed by atoms with Crippen molar-refractivity contribution in [3.05, 3.63) is 0 Å². The monoisotopic (exact) mass is 280 g/mol. The lowest BCUT2D eigenvalue weighted by molar-refractivity contribution is 0.0843. The Morgan fingerprint density at radius 3 is 1.55 bits per heavy atom. The van der Waals surface area contributed by atoms with Gasteiger partial charge in [-0.1, -0.05) is 64.7 Å². The third-order valence-electron chi connectivity index (χ3n) is 6.05. The molecule has 0 saturated heterocycles. The van der Waals surface area contributed by atoms with Crippen LogP contribution in [0.15, 0.2) is 0 Å².